The summed E-state index contributed by atoms with van der Waals surface area (Å²) >= 11 is 0. The molecule has 0 aromatic heterocycles. The maximum absolute atomic E-state index is 11.2. The fourth-order valence-electron chi connectivity index (χ4n) is 2.10. The molecule has 2 aliphatic heterocycles. The minimum Gasteiger partial charge on any atom is -0.376 e. The summed E-state index contributed by atoms with van der Waals surface area (Å²) in [6.45, 7) is 0.809. The lowest BCUT2D eigenvalue weighted by Gasteiger charge is -2.33. The van der Waals surface area contributed by atoms with E-state index in [2.05, 4.69) is 5.32 Å². The molecule has 0 aliphatic carbocycles. The number of carbonyl (C=O) groups excluding carboxylic acids is 1. The fraction of sp³-hybridized carbons (Fsp3) is 0.889. The van der Waals surface area contributed by atoms with E-state index in [4.69, 9.17) is 10.5 Å². The van der Waals surface area contributed by atoms with E-state index in [9.17, 15) is 4.79 Å². The summed E-state index contributed by atoms with van der Waals surface area (Å²) in [6.07, 6.45) is 3.61. The molecule has 0 aromatic carbocycles. The molecule has 4 heteroatoms. The number of nitrogens with two attached hydrogens (primary N) is 1. The Morgan fingerprint density at radius 3 is 3.00 bits per heavy atom. The van der Waals surface area contributed by atoms with Crippen molar-refractivity contribution < 1.29 is 9.53 Å². The van der Waals surface area contributed by atoms with Gasteiger partial charge in [-0.2, -0.15) is 0 Å². The minimum absolute atomic E-state index is 0.0451. The Hall–Kier alpha value is -0.610. The van der Waals surface area contributed by atoms with Gasteiger partial charge in [0.1, 0.15) is 0 Å². The molecule has 0 bridgehead atoms. The van der Waals surface area contributed by atoms with Crippen LogP contribution in [-0.4, -0.2) is 30.7 Å². The predicted octanol–water partition coefficient (Wildman–Crippen LogP) is -0.229. The van der Waals surface area contributed by atoms with Crippen molar-refractivity contribution in [2.75, 3.05) is 6.61 Å². The Labute approximate surface area is 77.8 Å². The molecular formula is C9H16N2O2. The molecule has 2 fully saturated rings. The Balaban J connectivity index is 1.98. The van der Waals surface area contributed by atoms with Crippen molar-refractivity contribution in [3.63, 3.8) is 0 Å². The second-order valence-corrected chi connectivity index (χ2v) is 3.85. The molecule has 74 valence electrons. The molecule has 0 saturated carbocycles. The molecule has 3 atom stereocenters. The van der Waals surface area contributed by atoms with Crippen LogP contribution in [0.25, 0.3) is 0 Å². The molecule has 2 saturated heterocycles. The van der Waals surface area contributed by atoms with Gasteiger partial charge >= 0.3 is 0 Å². The molecule has 0 unspecified atom stereocenters. The first-order valence-electron chi connectivity index (χ1n) is 4.94. The van der Waals surface area contributed by atoms with Crippen molar-refractivity contribution in [1.29, 1.82) is 0 Å². The van der Waals surface area contributed by atoms with Crippen LogP contribution in [0.2, 0.25) is 0 Å². The van der Waals surface area contributed by atoms with E-state index in [1.807, 2.05) is 0 Å². The van der Waals surface area contributed by atoms with Gasteiger partial charge in [-0.1, -0.05) is 0 Å². The predicted molar refractivity (Wildman–Crippen MR) is 48.1 cm³/mol. The number of piperidine rings is 1. The molecule has 2 heterocycles. The van der Waals surface area contributed by atoms with Gasteiger partial charge in [0.05, 0.1) is 12.1 Å². The first-order valence-corrected chi connectivity index (χ1v) is 4.94. The van der Waals surface area contributed by atoms with Gasteiger partial charge in [0.15, 0.2) is 0 Å². The summed E-state index contributed by atoms with van der Waals surface area (Å²) in [6, 6.07) is 0.115. The number of rotatable bonds is 1. The first-order chi connectivity index (χ1) is 6.27. The van der Waals surface area contributed by atoms with Gasteiger partial charge in [-0.05, 0) is 19.3 Å². The van der Waals surface area contributed by atoms with E-state index in [-0.39, 0.29) is 24.1 Å². The van der Waals surface area contributed by atoms with Gasteiger partial charge in [0.2, 0.25) is 5.91 Å². The lowest BCUT2D eigenvalue weighted by atomic mass is 9.93. The number of amides is 1. The number of ether oxygens (including phenoxy) is 1. The van der Waals surface area contributed by atoms with Gasteiger partial charge in [-0.25, -0.2) is 0 Å². The number of hydrogen-bond acceptors (Lipinski definition) is 3. The number of carbonyl (C=O) groups is 1. The summed E-state index contributed by atoms with van der Waals surface area (Å²) in [4.78, 5) is 11.2. The summed E-state index contributed by atoms with van der Waals surface area (Å²) in [5.74, 6) is 0.113. The molecule has 0 aromatic rings. The molecule has 2 rings (SSSR count). The third-order valence-corrected chi connectivity index (χ3v) is 2.86. The van der Waals surface area contributed by atoms with E-state index in [0.29, 0.717) is 6.42 Å². The van der Waals surface area contributed by atoms with Gasteiger partial charge < -0.3 is 15.8 Å². The molecule has 13 heavy (non-hydrogen) atoms. The molecule has 0 radical (unpaired) electrons. The number of hydrogen-bond donors (Lipinski definition) is 2. The van der Waals surface area contributed by atoms with Crippen molar-refractivity contribution in [2.24, 2.45) is 5.73 Å². The van der Waals surface area contributed by atoms with Crippen molar-refractivity contribution in [3.8, 4) is 0 Å². The monoisotopic (exact) mass is 184 g/mol. The maximum Gasteiger partial charge on any atom is 0.220 e. The topological polar surface area (TPSA) is 64.4 Å². The molecule has 2 aliphatic rings. The summed E-state index contributed by atoms with van der Waals surface area (Å²) in [5, 5.41) is 2.92. The third-order valence-electron chi connectivity index (χ3n) is 2.86. The Bertz CT molecular complexity index is 202. The first kappa shape index (κ1) is 8.97. The van der Waals surface area contributed by atoms with E-state index in [0.717, 1.165) is 25.9 Å². The van der Waals surface area contributed by atoms with Crippen molar-refractivity contribution in [2.45, 2.75) is 43.9 Å². The van der Waals surface area contributed by atoms with Gasteiger partial charge in [-0.15, -0.1) is 0 Å². The van der Waals surface area contributed by atoms with Crippen molar-refractivity contribution >= 4 is 5.91 Å². The summed E-state index contributed by atoms with van der Waals surface area (Å²) < 4.78 is 5.52. The smallest absolute Gasteiger partial charge is 0.220 e. The van der Waals surface area contributed by atoms with Crippen LogP contribution in [0.15, 0.2) is 0 Å². The zero-order valence-electron chi connectivity index (χ0n) is 7.66. The lowest BCUT2D eigenvalue weighted by Crippen LogP contribution is -2.57. The second-order valence-electron chi connectivity index (χ2n) is 3.85. The summed E-state index contributed by atoms with van der Waals surface area (Å²) in [7, 11) is 0. The zero-order valence-corrected chi connectivity index (χ0v) is 7.66. The van der Waals surface area contributed by atoms with E-state index >= 15 is 0 Å². The van der Waals surface area contributed by atoms with E-state index < -0.39 is 0 Å². The van der Waals surface area contributed by atoms with Crippen LogP contribution in [0, 0.1) is 0 Å². The highest BCUT2D eigenvalue weighted by molar-refractivity contribution is 5.77. The van der Waals surface area contributed by atoms with Crippen LogP contribution in [-0.2, 0) is 9.53 Å². The van der Waals surface area contributed by atoms with Gasteiger partial charge in [0.25, 0.3) is 0 Å². The Morgan fingerprint density at radius 1 is 1.46 bits per heavy atom. The molecular weight excluding hydrogens is 168 g/mol. The van der Waals surface area contributed by atoms with Crippen LogP contribution < -0.4 is 11.1 Å². The highest BCUT2D eigenvalue weighted by Crippen LogP contribution is 2.21. The standard InChI is InChI=1S/C9H16N2O2/c10-6-3-4-8(12)11-9(6)7-2-1-5-13-7/h6-7,9H,1-5,10H2,(H,11,12)/t6-,7+,9-/m1/s1. The zero-order chi connectivity index (χ0) is 9.26. The van der Waals surface area contributed by atoms with Gasteiger partial charge in [0, 0.05) is 19.1 Å². The fourth-order valence-corrected chi connectivity index (χ4v) is 2.10. The number of nitrogens with one attached hydrogen (secondary N) is 1. The minimum atomic E-state index is 0.0451. The van der Waals surface area contributed by atoms with E-state index in [1.54, 1.807) is 0 Å². The van der Waals surface area contributed by atoms with Crippen molar-refractivity contribution in [3.05, 3.63) is 0 Å². The van der Waals surface area contributed by atoms with Crippen LogP contribution >= 0.6 is 0 Å². The molecule has 1 amide bonds. The van der Waals surface area contributed by atoms with E-state index in [1.165, 1.54) is 0 Å². The van der Waals surface area contributed by atoms with Crippen LogP contribution in [0.5, 0.6) is 0 Å². The molecule has 4 nitrogen and oxygen atoms in total. The van der Waals surface area contributed by atoms with Crippen LogP contribution in [0.3, 0.4) is 0 Å². The van der Waals surface area contributed by atoms with Crippen molar-refractivity contribution in [1.82, 2.24) is 5.32 Å². The maximum atomic E-state index is 11.2. The van der Waals surface area contributed by atoms with Crippen LogP contribution in [0.1, 0.15) is 25.7 Å². The van der Waals surface area contributed by atoms with Crippen LogP contribution in [0.4, 0.5) is 0 Å². The highest BCUT2D eigenvalue weighted by atomic mass is 16.5. The normalized spacial score (nSPS) is 40.4. The lowest BCUT2D eigenvalue weighted by molar-refractivity contribution is -0.125. The third kappa shape index (κ3) is 1.84. The average molecular weight is 184 g/mol. The second kappa shape index (κ2) is 3.64. The SMILES string of the molecule is N[C@@H]1CCC(=O)N[C@H]1[C@@H]1CCCO1. The Morgan fingerprint density at radius 2 is 2.31 bits per heavy atom. The summed E-state index contributed by atoms with van der Waals surface area (Å²) in [5.41, 5.74) is 5.93. The quantitative estimate of drug-likeness (QED) is 0.591. The van der Waals surface area contributed by atoms with Gasteiger partial charge in [-0.3, -0.25) is 4.79 Å². The highest BCUT2D eigenvalue weighted by Gasteiger charge is 2.34. The molecule has 3 N–H and O–H groups in total. The molecule has 0 spiro atoms. The average Bonchev–Trinajstić information content (AvgIpc) is 2.61. The largest absolute Gasteiger partial charge is 0.376 e. The Kier molecular flexibility index (Phi) is 2.51.